The second kappa shape index (κ2) is 3.05. The number of rotatable bonds is 1. The van der Waals surface area contributed by atoms with Crippen LogP contribution in [0.5, 0.6) is 0 Å². The Morgan fingerprint density at radius 3 is 3.00 bits per heavy atom. The lowest BCUT2D eigenvalue weighted by atomic mass is 9.96. The molecule has 1 aliphatic rings. The number of thiophene rings is 1. The van der Waals surface area contributed by atoms with E-state index in [1.165, 1.54) is 0 Å². The Morgan fingerprint density at radius 2 is 2.50 bits per heavy atom. The largest absolute Gasteiger partial charge is 0.383 e. The van der Waals surface area contributed by atoms with Crippen molar-refractivity contribution in [3.05, 3.63) is 22.4 Å². The first kappa shape index (κ1) is 8.60. The quantitative estimate of drug-likeness (QED) is 0.751. The monoisotopic (exact) mass is 200 g/mol. The SMILES string of the molecule is CC1SCCC1(O)c1cccs1. The molecule has 3 heteroatoms. The van der Waals surface area contributed by atoms with Gasteiger partial charge in [0.1, 0.15) is 5.60 Å². The first-order valence-electron chi connectivity index (χ1n) is 4.11. The van der Waals surface area contributed by atoms with Crippen LogP contribution >= 0.6 is 23.1 Å². The Bertz CT molecular complexity index is 258. The Hall–Kier alpha value is 0.01000. The average Bonchev–Trinajstić information content (AvgIpc) is 2.62. The van der Waals surface area contributed by atoms with E-state index in [1.54, 1.807) is 11.3 Å². The van der Waals surface area contributed by atoms with Gasteiger partial charge in [-0.25, -0.2) is 0 Å². The molecule has 2 heterocycles. The van der Waals surface area contributed by atoms with Crippen molar-refractivity contribution in [1.82, 2.24) is 0 Å². The molecule has 0 saturated carbocycles. The standard InChI is InChI=1S/C9H12OS2/c1-7-9(10,4-6-11-7)8-3-2-5-12-8/h2-3,5,7,10H,4,6H2,1H3. The van der Waals surface area contributed by atoms with Crippen molar-refractivity contribution >= 4 is 23.1 Å². The summed E-state index contributed by atoms with van der Waals surface area (Å²) in [5.41, 5.74) is -0.543. The first-order chi connectivity index (χ1) is 5.73. The minimum atomic E-state index is -0.543. The van der Waals surface area contributed by atoms with Crippen molar-refractivity contribution in [2.45, 2.75) is 24.2 Å². The van der Waals surface area contributed by atoms with E-state index >= 15 is 0 Å². The van der Waals surface area contributed by atoms with Gasteiger partial charge in [0.2, 0.25) is 0 Å². The van der Waals surface area contributed by atoms with Gasteiger partial charge in [-0.1, -0.05) is 13.0 Å². The molecule has 0 amide bonds. The third-order valence-corrected chi connectivity index (χ3v) is 4.84. The van der Waals surface area contributed by atoms with E-state index in [4.69, 9.17) is 0 Å². The maximum atomic E-state index is 10.3. The van der Waals surface area contributed by atoms with Crippen molar-refractivity contribution in [3.8, 4) is 0 Å². The summed E-state index contributed by atoms with van der Waals surface area (Å²) in [5.74, 6) is 1.08. The van der Waals surface area contributed by atoms with Crippen molar-refractivity contribution < 1.29 is 5.11 Å². The van der Waals surface area contributed by atoms with E-state index in [-0.39, 0.29) is 0 Å². The molecule has 0 spiro atoms. The van der Waals surface area contributed by atoms with E-state index < -0.39 is 5.60 Å². The molecule has 1 aromatic heterocycles. The topological polar surface area (TPSA) is 20.2 Å². The van der Waals surface area contributed by atoms with Gasteiger partial charge in [0, 0.05) is 10.1 Å². The smallest absolute Gasteiger partial charge is 0.111 e. The highest BCUT2D eigenvalue weighted by Crippen LogP contribution is 2.44. The van der Waals surface area contributed by atoms with Crippen molar-refractivity contribution in [2.24, 2.45) is 0 Å². The van der Waals surface area contributed by atoms with Crippen LogP contribution in [-0.2, 0) is 5.60 Å². The number of aliphatic hydroxyl groups is 1. The van der Waals surface area contributed by atoms with Crippen molar-refractivity contribution in [1.29, 1.82) is 0 Å². The molecule has 12 heavy (non-hydrogen) atoms. The van der Waals surface area contributed by atoms with E-state index in [0.717, 1.165) is 17.1 Å². The Balaban J connectivity index is 2.32. The molecule has 0 aromatic carbocycles. The predicted molar refractivity (Wildman–Crippen MR) is 54.8 cm³/mol. The molecule has 66 valence electrons. The lowest BCUT2D eigenvalue weighted by Gasteiger charge is -2.25. The van der Waals surface area contributed by atoms with Crippen LogP contribution in [0.4, 0.5) is 0 Å². The minimum Gasteiger partial charge on any atom is -0.383 e. The van der Waals surface area contributed by atoms with E-state index in [9.17, 15) is 5.11 Å². The number of hydrogen-bond donors (Lipinski definition) is 1. The Morgan fingerprint density at radius 1 is 1.67 bits per heavy atom. The van der Waals surface area contributed by atoms with Crippen LogP contribution in [0.1, 0.15) is 18.2 Å². The zero-order valence-corrected chi connectivity index (χ0v) is 8.62. The van der Waals surface area contributed by atoms with Crippen LogP contribution in [0.2, 0.25) is 0 Å². The Labute approximate surface area is 80.8 Å². The minimum absolute atomic E-state index is 0.344. The molecule has 2 atom stereocenters. The van der Waals surface area contributed by atoms with Gasteiger partial charge in [-0.3, -0.25) is 0 Å². The molecule has 1 aromatic rings. The van der Waals surface area contributed by atoms with Gasteiger partial charge in [-0.2, -0.15) is 11.8 Å². The second-order valence-corrected chi connectivity index (χ2v) is 5.56. The molecular formula is C9H12OS2. The summed E-state index contributed by atoms with van der Waals surface area (Å²) >= 11 is 3.52. The highest BCUT2D eigenvalue weighted by molar-refractivity contribution is 8.00. The maximum absolute atomic E-state index is 10.3. The zero-order chi connectivity index (χ0) is 8.60. The predicted octanol–water partition coefficient (Wildman–Crippen LogP) is 2.46. The molecule has 2 unspecified atom stereocenters. The fourth-order valence-corrected chi connectivity index (χ4v) is 3.90. The summed E-state index contributed by atoms with van der Waals surface area (Å²) in [5, 5.41) is 12.7. The molecule has 1 saturated heterocycles. The van der Waals surface area contributed by atoms with Crippen LogP contribution in [0, 0.1) is 0 Å². The lowest BCUT2D eigenvalue weighted by molar-refractivity contribution is 0.0465. The van der Waals surface area contributed by atoms with E-state index in [2.05, 4.69) is 6.92 Å². The van der Waals surface area contributed by atoms with Gasteiger partial charge in [0.25, 0.3) is 0 Å². The van der Waals surface area contributed by atoms with Crippen LogP contribution in [0.25, 0.3) is 0 Å². The zero-order valence-electron chi connectivity index (χ0n) is 6.99. The van der Waals surface area contributed by atoms with Crippen LogP contribution < -0.4 is 0 Å². The van der Waals surface area contributed by atoms with Crippen LogP contribution in [0.3, 0.4) is 0 Å². The second-order valence-electron chi connectivity index (χ2n) is 3.16. The van der Waals surface area contributed by atoms with Gasteiger partial charge < -0.3 is 5.11 Å². The van der Waals surface area contributed by atoms with Crippen molar-refractivity contribution in [2.75, 3.05) is 5.75 Å². The van der Waals surface area contributed by atoms with Crippen LogP contribution in [-0.4, -0.2) is 16.1 Å². The first-order valence-corrected chi connectivity index (χ1v) is 6.04. The molecule has 1 nitrogen and oxygen atoms in total. The lowest BCUT2D eigenvalue weighted by Crippen LogP contribution is -2.30. The highest BCUT2D eigenvalue weighted by atomic mass is 32.2. The number of thioether (sulfide) groups is 1. The van der Waals surface area contributed by atoms with Gasteiger partial charge in [0.15, 0.2) is 0 Å². The van der Waals surface area contributed by atoms with E-state index in [1.807, 2.05) is 29.3 Å². The number of hydrogen-bond acceptors (Lipinski definition) is 3. The summed E-state index contributed by atoms with van der Waals surface area (Å²) in [6.45, 7) is 2.11. The summed E-state index contributed by atoms with van der Waals surface area (Å²) < 4.78 is 0. The summed E-state index contributed by atoms with van der Waals surface area (Å²) in [6, 6.07) is 4.04. The van der Waals surface area contributed by atoms with Gasteiger partial charge in [-0.05, 0) is 23.6 Å². The molecule has 0 aliphatic carbocycles. The third kappa shape index (κ3) is 1.20. The summed E-state index contributed by atoms with van der Waals surface area (Å²) in [4.78, 5) is 1.13. The maximum Gasteiger partial charge on any atom is 0.111 e. The Kier molecular flexibility index (Phi) is 2.19. The van der Waals surface area contributed by atoms with Gasteiger partial charge in [-0.15, -0.1) is 11.3 Å². The molecule has 1 N–H and O–H groups in total. The van der Waals surface area contributed by atoms with Crippen molar-refractivity contribution in [3.63, 3.8) is 0 Å². The highest BCUT2D eigenvalue weighted by Gasteiger charge is 2.41. The normalized spacial score (nSPS) is 35.7. The molecule has 1 fully saturated rings. The third-order valence-electron chi connectivity index (χ3n) is 2.47. The molecular weight excluding hydrogens is 188 g/mol. The molecule has 2 rings (SSSR count). The van der Waals surface area contributed by atoms with Crippen LogP contribution in [0.15, 0.2) is 17.5 Å². The van der Waals surface area contributed by atoms with E-state index in [0.29, 0.717) is 5.25 Å². The fourth-order valence-electron chi connectivity index (χ4n) is 1.58. The van der Waals surface area contributed by atoms with Gasteiger partial charge >= 0.3 is 0 Å². The molecule has 0 bridgehead atoms. The average molecular weight is 200 g/mol. The summed E-state index contributed by atoms with van der Waals surface area (Å²) in [6.07, 6.45) is 0.902. The molecule has 1 aliphatic heterocycles. The van der Waals surface area contributed by atoms with Gasteiger partial charge in [0.05, 0.1) is 0 Å². The molecule has 0 radical (unpaired) electrons. The fraction of sp³-hybridized carbons (Fsp3) is 0.556. The summed E-state index contributed by atoms with van der Waals surface area (Å²) in [7, 11) is 0.